The number of carbonyl (C=O) groups is 2. The molecule has 0 saturated heterocycles. The number of anilines is 1. The van der Waals surface area contributed by atoms with Gasteiger partial charge in [0.05, 0.1) is 18.3 Å². The van der Waals surface area contributed by atoms with E-state index in [1.165, 1.54) is 24.1 Å². The maximum Gasteiger partial charge on any atom is 0.271 e. The first-order valence-corrected chi connectivity index (χ1v) is 14.2. The second kappa shape index (κ2) is 13.4. The number of halogens is 1. The van der Waals surface area contributed by atoms with Gasteiger partial charge in [-0.05, 0) is 43.5 Å². The first kappa shape index (κ1) is 30.8. The zero-order valence-corrected chi connectivity index (χ0v) is 23.6. The van der Waals surface area contributed by atoms with Crippen molar-refractivity contribution < 1.29 is 27.7 Å². The van der Waals surface area contributed by atoms with Gasteiger partial charge in [0, 0.05) is 29.7 Å². The SMILES string of the molecule is CC[C@H](C)NC(=O)[C@H](CC)N(Cc1ccc(Cl)cc1)C(=O)CN(c1cc([N+](=O)[O-])ccc1OC)S(C)(=O)=O. The number of sulfonamides is 1. The lowest BCUT2D eigenvalue weighted by Crippen LogP contribution is -2.53. The van der Waals surface area contributed by atoms with Gasteiger partial charge in [0.2, 0.25) is 21.8 Å². The number of nitrogens with one attached hydrogen (secondary N) is 1. The van der Waals surface area contributed by atoms with Crippen LogP contribution in [0.5, 0.6) is 5.75 Å². The fourth-order valence-electron chi connectivity index (χ4n) is 3.73. The molecule has 0 bridgehead atoms. The third-order valence-electron chi connectivity index (χ3n) is 5.97. The van der Waals surface area contributed by atoms with E-state index in [1.807, 2.05) is 13.8 Å². The van der Waals surface area contributed by atoms with E-state index in [1.54, 1.807) is 31.2 Å². The molecule has 0 aliphatic rings. The zero-order chi connectivity index (χ0) is 28.6. The van der Waals surface area contributed by atoms with Crippen molar-refractivity contribution in [2.75, 3.05) is 24.2 Å². The van der Waals surface area contributed by atoms with Crippen LogP contribution >= 0.6 is 11.6 Å². The summed E-state index contributed by atoms with van der Waals surface area (Å²) < 4.78 is 31.6. The largest absolute Gasteiger partial charge is 0.495 e. The van der Waals surface area contributed by atoms with Crippen molar-refractivity contribution in [2.45, 2.75) is 52.2 Å². The maximum atomic E-state index is 13.8. The monoisotopic (exact) mass is 568 g/mol. The molecule has 0 heterocycles. The van der Waals surface area contributed by atoms with Crippen LogP contribution in [0, 0.1) is 10.1 Å². The molecule has 38 heavy (non-hydrogen) atoms. The van der Waals surface area contributed by atoms with E-state index in [-0.39, 0.29) is 42.0 Å². The number of nitro groups is 1. The lowest BCUT2D eigenvalue weighted by molar-refractivity contribution is -0.384. The molecule has 0 fully saturated rings. The summed E-state index contributed by atoms with van der Waals surface area (Å²) in [5, 5.41) is 14.7. The van der Waals surface area contributed by atoms with Crippen LogP contribution in [0.1, 0.15) is 39.2 Å². The number of nitrogens with zero attached hydrogens (tertiary/aromatic N) is 3. The molecule has 0 saturated carbocycles. The fourth-order valence-corrected chi connectivity index (χ4v) is 4.70. The number of benzene rings is 2. The molecule has 2 rings (SSSR count). The summed E-state index contributed by atoms with van der Waals surface area (Å²) in [6, 6.07) is 9.14. The van der Waals surface area contributed by atoms with E-state index in [9.17, 15) is 28.1 Å². The van der Waals surface area contributed by atoms with Gasteiger partial charge in [-0.1, -0.05) is 37.6 Å². The third-order valence-corrected chi connectivity index (χ3v) is 7.35. The number of non-ortho nitro benzene ring substituents is 1. The number of hydrogen-bond donors (Lipinski definition) is 1. The Morgan fingerprint density at radius 2 is 1.76 bits per heavy atom. The molecule has 2 amide bonds. The molecule has 1 N–H and O–H groups in total. The van der Waals surface area contributed by atoms with Gasteiger partial charge in [-0.15, -0.1) is 0 Å². The van der Waals surface area contributed by atoms with Crippen LogP contribution in [0.15, 0.2) is 42.5 Å². The Balaban J connectivity index is 2.55. The molecule has 208 valence electrons. The van der Waals surface area contributed by atoms with E-state index >= 15 is 0 Å². The van der Waals surface area contributed by atoms with Crippen LogP contribution in [0.3, 0.4) is 0 Å². The molecule has 0 radical (unpaired) electrons. The maximum absolute atomic E-state index is 13.8. The standard InChI is InChI=1S/C25H33ClN4O7S/c1-6-17(3)27-25(32)21(7-2)28(15-18-8-10-19(26)11-9-18)24(31)16-29(38(5,35)36)22-14-20(30(33)34)12-13-23(22)37-4/h8-14,17,21H,6-7,15-16H2,1-5H3,(H,27,32)/t17-,21-/m0/s1. The highest BCUT2D eigenvalue weighted by atomic mass is 35.5. The summed E-state index contributed by atoms with van der Waals surface area (Å²) in [5.41, 5.74) is 0.136. The van der Waals surface area contributed by atoms with Crippen molar-refractivity contribution >= 4 is 44.8 Å². The smallest absolute Gasteiger partial charge is 0.271 e. The van der Waals surface area contributed by atoms with Crippen LogP contribution < -0.4 is 14.4 Å². The van der Waals surface area contributed by atoms with Gasteiger partial charge in [0.15, 0.2) is 0 Å². The van der Waals surface area contributed by atoms with Crippen LogP contribution in [0.4, 0.5) is 11.4 Å². The lowest BCUT2D eigenvalue weighted by Gasteiger charge is -2.33. The van der Waals surface area contributed by atoms with Gasteiger partial charge in [0.1, 0.15) is 24.0 Å². The quantitative estimate of drug-likeness (QED) is 0.287. The molecule has 13 heteroatoms. The Bertz CT molecular complexity index is 1250. The Kier molecular flexibility index (Phi) is 10.9. The van der Waals surface area contributed by atoms with E-state index in [0.29, 0.717) is 17.0 Å². The number of nitro benzene ring substituents is 1. The Morgan fingerprint density at radius 3 is 2.26 bits per heavy atom. The highest BCUT2D eigenvalue weighted by molar-refractivity contribution is 7.92. The van der Waals surface area contributed by atoms with Gasteiger partial charge in [-0.3, -0.25) is 24.0 Å². The van der Waals surface area contributed by atoms with Crippen molar-refractivity contribution in [3.63, 3.8) is 0 Å². The average Bonchev–Trinajstić information content (AvgIpc) is 2.86. The first-order valence-electron chi connectivity index (χ1n) is 12.0. The minimum absolute atomic E-state index is 0.00606. The van der Waals surface area contributed by atoms with Crippen molar-refractivity contribution in [2.24, 2.45) is 0 Å². The highest BCUT2D eigenvalue weighted by Gasteiger charge is 2.33. The second-order valence-corrected chi connectivity index (χ2v) is 11.1. The number of ether oxygens (including phenoxy) is 1. The summed E-state index contributed by atoms with van der Waals surface area (Å²) in [4.78, 5) is 38.9. The minimum atomic E-state index is -4.11. The van der Waals surface area contributed by atoms with Crippen LogP contribution in [0.25, 0.3) is 0 Å². The van der Waals surface area contributed by atoms with E-state index in [4.69, 9.17) is 16.3 Å². The second-order valence-electron chi connectivity index (χ2n) is 8.77. The number of carbonyl (C=O) groups excluding carboxylic acids is 2. The molecule has 0 spiro atoms. The Labute approximate surface area is 227 Å². The number of amides is 2. The van der Waals surface area contributed by atoms with Gasteiger partial charge in [-0.2, -0.15) is 0 Å². The van der Waals surface area contributed by atoms with E-state index in [2.05, 4.69) is 5.32 Å². The normalized spacial score (nSPS) is 12.8. The Hall–Kier alpha value is -3.38. The summed E-state index contributed by atoms with van der Waals surface area (Å²) in [5.74, 6) is -1.02. The molecule has 11 nitrogen and oxygen atoms in total. The zero-order valence-electron chi connectivity index (χ0n) is 22.0. The molecule has 2 aromatic rings. The molecule has 0 unspecified atom stereocenters. The van der Waals surface area contributed by atoms with Crippen LogP contribution in [0.2, 0.25) is 5.02 Å². The summed E-state index contributed by atoms with van der Waals surface area (Å²) in [6.45, 7) is 4.80. The van der Waals surface area contributed by atoms with Crippen molar-refractivity contribution in [3.8, 4) is 5.75 Å². The predicted molar refractivity (Wildman–Crippen MR) is 146 cm³/mol. The molecule has 2 aromatic carbocycles. The molecular formula is C25H33ClN4O7S. The molecule has 0 aliphatic carbocycles. The van der Waals surface area contributed by atoms with E-state index < -0.39 is 33.4 Å². The lowest BCUT2D eigenvalue weighted by atomic mass is 10.1. The van der Waals surface area contributed by atoms with Crippen LogP contribution in [-0.2, 0) is 26.2 Å². The summed E-state index contributed by atoms with van der Waals surface area (Å²) in [7, 11) is -2.83. The summed E-state index contributed by atoms with van der Waals surface area (Å²) >= 11 is 6.00. The number of methoxy groups -OCH3 is 1. The number of rotatable bonds is 13. The van der Waals surface area contributed by atoms with Gasteiger partial charge in [0.25, 0.3) is 5.69 Å². The average molecular weight is 569 g/mol. The van der Waals surface area contributed by atoms with Crippen LogP contribution in [-0.4, -0.2) is 62.0 Å². The molecular weight excluding hydrogens is 536 g/mol. The third kappa shape index (κ3) is 8.06. The Morgan fingerprint density at radius 1 is 1.13 bits per heavy atom. The van der Waals surface area contributed by atoms with Crippen molar-refractivity contribution in [1.29, 1.82) is 0 Å². The number of hydrogen-bond acceptors (Lipinski definition) is 7. The fraction of sp³-hybridized carbons (Fsp3) is 0.440. The molecule has 0 aliphatic heterocycles. The van der Waals surface area contributed by atoms with Crippen molar-refractivity contribution in [1.82, 2.24) is 10.2 Å². The first-order chi connectivity index (χ1) is 17.8. The molecule has 2 atom stereocenters. The van der Waals surface area contributed by atoms with Gasteiger partial charge < -0.3 is 15.0 Å². The minimum Gasteiger partial charge on any atom is -0.495 e. The topological polar surface area (TPSA) is 139 Å². The molecule has 0 aromatic heterocycles. The van der Waals surface area contributed by atoms with Gasteiger partial charge >= 0.3 is 0 Å². The predicted octanol–water partition coefficient (Wildman–Crippen LogP) is 3.74. The van der Waals surface area contributed by atoms with Gasteiger partial charge in [-0.25, -0.2) is 8.42 Å². The highest BCUT2D eigenvalue weighted by Crippen LogP contribution is 2.34. The van der Waals surface area contributed by atoms with Crippen molar-refractivity contribution in [3.05, 3.63) is 63.2 Å². The summed E-state index contributed by atoms with van der Waals surface area (Å²) in [6.07, 6.45) is 1.83. The van der Waals surface area contributed by atoms with E-state index in [0.717, 1.165) is 16.6 Å².